The molecule has 0 saturated heterocycles. The summed E-state index contributed by atoms with van der Waals surface area (Å²) in [5.41, 5.74) is 1.75. The highest BCUT2D eigenvalue weighted by molar-refractivity contribution is 7.92. The van der Waals surface area contributed by atoms with Crippen LogP contribution in [0.2, 0.25) is 5.02 Å². The van der Waals surface area contributed by atoms with Gasteiger partial charge in [0.05, 0.1) is 24.8 Å². The smallest absolute Gasteiger partial charge is 0.264 e. The van der Waals surface area contributed by atoms with Crippen LogP contribution in [0, 0.1) is 6.92 Å². The van der Waals surface area contributed by atoms with Crippen molar-refractivity contribution in [3.8, 4) is 11.5 Å². The van der Waals surface area contributed by atoms with E-state index in [4.69, 9.17) is 21.1 Å². The minimum Gasteiger partial charge on any atom is -0.493 e. The van der Waals surface area contributed by atoms with Crippen molar-refractivity contribution in [1.29, 1.82) is 0 Å². The summed E-state index contributed by atoms with van der Waals surface area (Å²) in [5.74, 6) is -0.0984. The van der Waals surface area contributed by atoms with E-state index in [0.29, 0.717) is 28.5 Å². The molecule has 1 N–H and O–H groups in total. The molecule has 242 valence electrons. The highest BCUT2D eigenvalue weighted by Gasteiger charge is 2.35. The maximum Gasteiger partial charge on any atom is 0.264 e. The number of benzene rings is 3. The third kappa shape index (κ3) is 8.29. The predicted molar refractivity (Wildman–Crippen MR) is 176 cm³/mol. The Hall–Kier alpha value is -3.76. The number of carbonyl (C=O) groups is 2. The summed E-state index contributed by atoms with van der Waals surface area (Å²) in [6.45, 7) is 3.16. The monoisotopic (exact) mass is 655 g/mol. The minimum atomic E-state index is -4.24. The Bertz CT molecular complexity index is 1570. The zero-order valence-corrected chi connectivity index (χ0v) is 27.9. The van der Waals surface area contributed by atoms with Gasteiger partial charge in [-0.2, -0.15) is 0 Å². The van der Waals surface area contributed by atoms with E-state index in [1.54, 1.807) is 42.5 Å². The number of halogens is 1. The fourth-order valence-corrected chi connectivity index (χ4v) is 7.22. The number of hydrogen-bond acceptors (Lipinski definition) is 6. The van der Waals surface area contributed by atoms with Crippen molar-refractivity contribution in [3.63, 3.8) is 0 Å². The Morgan fingerprint density at radius 1 is 0.956 bits per heavy atom. The van der Waals surface area contributed by atoms with Gasteiger partial charge in [-0.25, -0.2) is 8.42 Å². The highest BCUT2D eigenvalue weighted by Crippen LogP contribution is 2.34. The van der Waals surface area contributed by atoms with Crippen LogP contribution in [0.4, 0.5) is 5.69 Å². The van der Waals surface area contributed by atoms with Gasteiger partial charge < -0.3 is 19.7 Å². The molecule has 3 aromatic carbocycles. The zero-order valence-electron chi connectivity index (χ0n) is 26.3. The zero-order chi connectivity index (χ0) is 32.6. The summed E-state index contributed by atoms with van der Waals surface area (Å²) in [4.78, 5) is 29.6. The lowest BCUT2D eigenvalue weighted by Crippen LogP contribution is -2.54. The standard InChI is InChI=1S/C34H42ClN3O6S/c1-5-30(34(40)36-26-12-7-6-8-13-26)37(22-25-11-9-10-14-29(25)35)33(39)23-38(27-17-20-31(43-3)32(21-27)44-4)45(41,42)28-18-15-24(2)16-19-28/h9-11,14-21,26,30H,5-8,12-13,22-23H2,1-4H3,(H,36,40). The third-order valence-electron chi connectivity index (χ3n) is 8.18. The summed E-state index contributed by atoms with van der Waals surface area (Å²) in [6, 6.07) is 17.4. The number of anilines is 1. The molecule has 2 amide bonds. The van der Waals surface area contributed by atoms with E-state index in [1.807, 2.05) is 19.9 Å². The van der Waals surface area contributed by atoms with Gasteiger partial charge in [0.25, 0.3) is 10.0 Å². The number of aryl methyl sites for hydroxylation is 1. The molecule has 0 spiro atoms. The largest absolute Gasteiger partial charge is 0.493 e. The van der Waals surface area contributed by atoms with Crippen LogP contribution >= 0.6 is 11.6 Å². The third-order valence-corrected chi connectivity index (χ3v) is 10.3. The Kier molecular flexibility index (Phi) is 11.7. The van der Waals surface area contributed by atoms with Crippen LogP contribution in [0.3, 0.4) is 0 Å². The molecule has 1 atom stereocenters. The van der Waals surface area contributed by atoms with Gasteiger partial charge in [0.1, 0.15) is 12.6 Å². The van der Waals surface area contributed by atoms with Crippen LogP contribution in [-0.4, -0.2) is 58.0 Å². The average molecular weight is 656 g/mol. The number of hydrogen-bond donors (Lipinski definition) is 1. The number of ether oxygens (including phenoxy) is 2. The Balaban J connectivity index is 1.76. The van der Waals surface area contributed by atoms with Crippen molar-refractivity contribution in [2.75, 3.05) is 25.1 Å². The van der Waals surface area contributed by atoms with E-state index in [2.05, 4.69) is 5.32 Å². The minimum absolute atomic E-state index is 0.0235. The fourth-order valence-electron chi connectivity index (χ4n) is 5.62. The maximum absolute atomic E-state index is 14.4. The summed E-state index contributed by atoms with van der Waals surface area (Å²) < 4.78 is 40.2. The first-order valence-electron chi connectivity index (χ1n) is 15.2. The van der Waals surface area contributed by atoms with Crippen LogP contribution in [-0.2, 0) is 26.2 Å². The Labute approximate surface area is 271 Å². The molecule has 0 bridgehead atoms. The first-order valence-corrected chi connectivity index (χ1v) is 17.1. The van der Waals surface area contributed by atoms with Crippen LogP contribution in [0.25, 0.3) is 0 Å². The molecular weight excluding hydrogens is 614 g/mol. The molecule has 3 aromatic rings. The molecule has 1 unspecified atom stereocenters. The maximum atomic E-state index is 14.4. The Morgan fingerprint density at radius 2 is 1.62 bits per heavy atom. The summed E-state index contributed by atoms with van der Waals surface area (Å²) in [6.07, 6.45) is 5.34. The Morgan fingerprint density at radius 3 is 2.24 bits per heavy atom. The molecule has 45 heavy (non-hydrogen) atoms. The van der Waals surface area contributed by atoms with E-state index in [0.717, 1.165) is 42.0 Å². The van der Waals surface area contributed by atoms with Crippen molar-refractivity contribution >= 4 is 39.1 Å². The van der Waals surface area contributed by atoms with Crippen LogP contribution in [0.15, 0.2) is 71.6 Å². The quantitative estimate of drug-likeness (QED) is 0.238. The number of nitrogens with zero attached hydrogens (tertiary/aromatic N) is 2. The van der Waals surface area contributed by atoms with E-state index >= 15 is 0 Å². The van der Waals surface area contributed by atoms with Gasteiger partial charge in [0, 0.05) is 23.7 Å². The second kappa shape index (κ2) is 15.5. The summed E-state index contributed by atoms with van der Waals surface area (Å²) in [7, 11) is -1.30. The first-order chi connectivity index (χ1) is 21.6. The number of amides is 2. The molecule has 1 saturated carbocycles. The number of nitrogens with one attached hydrogen (secondary N) is 1. The number of carbonyl (C=O) groups excluding carboxylic acids is 2. The second-order valence-corrected chi connectivity index (χ2v) is 13.5. The molecule has 0 heterocycles. The van der Waals surface area contributed by atoms with Gasteiger partial charge in [-0.1, -0.05) is 73.7 Å². The first kappa shape index (κ1) is 34.1. The lowest BCUT2D eigenvalue weighted by molar-refractivity contribution is -0.140. The lowest BCUT2D eigenvalue weighted by Gasteiger charge is -2.34. The van der Waals surface area contributed by atoms with Gasteiger partial charge in [-0.15, -0.1) is 0 Å². The SMILES string of the molecule is CCC(C(=O)NC1CCCCC1)N(Cc1ccccc1Cl)C(=O)CN(c1ccc(OC)c(OC)c1)S(=O)(=O)c1ccc(C)cc1. The van der Waals surface area contributed by atoms with Crippen molar-refractivity contribution in [1.82, 2.24) is 10.2 Å². The average Bonchev–Trinajstić information content (AvgIpc) is 3.04. The fraction of sp³-hybridized carbons (Fsp3) is 0.412. The van der Waals surface area contributed by atoms with Gasteiger partial charge >= 0.3 is 0 Å². The molecule has 1 aliphatic rings. The summed E-state index contributed by atoms with van der Waals surface area (Å²) in [5, 5.41) is 3.60. The van der Waals surface area contributed by atoms with Crippen molar-refractivity contribution < 1.29 is 27.5 Å². The molecule has 1 fully saturated rings. The molecule has 4 rings (SSSR count). The van der Waals surface area contributed by atoms with Crippen LogP contribution < -0.4 is 19.1 Å². The van der Waals surface area contributed by atoms with Gasteiger partial charge in [0.2, 0.25) is 11.8 Å². The van der Waals surface area contributed by atoms with Crippen molar-refractivity contribution in [2.45, 2.75) is 75.9 Å². The molecule has 11 heteroatoms. The van der Waals surface area contributed by atoms with Crippen LogP contribution in [0.5, 0.6) is 11.5 Å². The van der Waals surface area contributed by atoms with Gasteiger partial charge in [-0.05, 0) is 62.1 Å². The van der Waals surface area contributed by atoms with E-state index < -0.39 is 28.5 Å². The summed E-state index contributed by atoms with van der Waals surface area (Å²) >= 11 is 6.51. The number of sulfonamides is 1. The van der Waals surface area contributed by atoms with Gasteiger partial charge in [0.15, 0.2) is 11.5 Å². The molecule has 0 aromatic heterocycles. The normalized spacial score (nSPS) is 14.3. The van der Waals surface area contributed by atoms with Gasteiger partial charge in [-0.3, -0.25) is 13.9 Å². The predicted octanol–water partition coefficient (Wildman–Crippen LogP) is 6.12. The van der Waals surface area contributed by atoms with Crippen molar-refractivity contribution in [3.05, 3.63) is 82.9 Å². The van der Waals surface area contributed by atoms with E-state index in [-0.39, 0.29) is 29.1 Å². The lowest BCUT2D eigenvalue weighted by atomic mass is 9.95. The highest BCUT2D eigenvalue weighted by atomic mass is 35.5. The van der Waals surface area contributed by atoms with E-state index in [1.165, 1.54) is 37.3 Å². The molecule has 9 nitrogen and oxygen atoms in total. The van der Waals surface area contributed by atoms with Crippen LogP contribution in [0.1, 0.15) is 56.6 Å². The molecule has 0 aliphatic heterocycles. The topological polar surface area (TPSA) is 105 Å². The number of methoxy groups -OCH3 is 2. The molecule has 0 radical (unpaired) electrons. The molecule has 1 aliphatic carbocycles. The second-order valence-electron chi connectivity index (χ2n) is 11.2. The number of rotatable bonds is 13. The van der Waals surface area contributed by atoms with E-state index in [9.17, 15) is 18.0 Å². The molecular formula is C34H42ClN3O6S. The van der Waals surface area contributed by atoms with Crippen molar-refractivity contribution in [2.24, 2.45) is 0 Å².